The highest BCUT2D eigenvalue weighted by Crippen LogP contribution is 2.39. The number of nitrogens with zero attached hydrogens (tertiary/aromatic N) is 6. The molecule has 0 radical (unpaired) electrons. The van der Waals surface area contributed by atoms with Crippen LogP contribution in [0.3, 0.4) is 0 Å². The first-order valence-corrected chi connectivity index (χ1v) is 8.21. The molecule has 1 aromatic rings. The summed E-state index contributed by atoms with van der Waals surface area (Å²) >= 11 is 1.28. The number of carboxylic acid groups (broad SMARTS) is 1. The number of hydrogen-bond acceptors (Lipinski definition) is 9. The molecule has 14 heteroatoms. The Bertz CT molecular complexity index is 807. The minimum atomic E-state index is -1.30. The van der Waals surface area contributed by atoms with E-state index in [0.29, 0.717) is 6.41 Å². The first kappa shape index (κ1) is 17.5. The third-order valence-corrected chi connectivity index (χ3v) is 4.86. The lowest BCUT2D eigenvalue weighted by molar-refractivity contribution is -0.150. The standard InChI is InChI=1S/C12H12N8O5S/c21-5-15-13-1-6-3-26-11-8(10(23)20(11)9(6)12(24)25)16-7(22)2-19-4-14-17-18-19/h1,4-5,8,11H,2-3H2,(H,15,21)(H,16,22)(H,24,25)/b13-1+/t8?,11-/m1/s1. The van der Waals surface area contributed by atoms with Crippen molar-refractivity contribution in [2.24, 2.45) is 5.10 Å². The van der Waals surface area contributed by atoms with Gasteiger partial charge in [-0.25, -0.2) is 14.9 Å². The minimum absolute atomic E-state index is 0.162. The van der Waals surface area contributed by atoms with Crippen LogP contribution in [0.5, 0.6) is 0 Å². The van der Waals surface area contributed by atoms with E-state index in [4.69, 9.17) is 0 Å². The lowest BCUT2D eigenvalue weighted by atomic mass is 10.0. The van der Waals surface area contributed by atoms with Gasteiger partial charge in [0.15, 0.2) is 0 Å². The van der Waals surface area contributed by atoms with E-state index < -0.39 is 29.2 Å². The average molecular weight is 380 g/mol. The summed E-state index contributed by atoms with van der Waals surface area (Å²) in [4.78, 5) is 47.2. The number of carboxylic acids is 1. The number of tetrazole rings is 1. The van der Waals surface area contributed by atoms with Crippen molar-refractivity contribution in [3.63, 3.8) is 0 Å². The fourth-order valence-corrected chi connectivity index (χ4v) is 3.80. The predicted octanol–water partition coefficient (Wildman–Crippen LogP) is -2.86. The largest absolute Gasteiger partial charge is 0.477 e. The lowest BCUT2D eigenvalue weighted by Gasteiger charge is -2.49. The molecule has 3 N–H and O–H groups in total. The van der Waals surface area contributed by atoms with Gasteiger partial charge in [0, 0.05) is 11.3 Å². The van der Waals surface area contributed by atoms with Gasteiger partial charge in [-0.3, -0.25) is 19.3 Å². The van der Waals surface area contributed by atoms with Gasteiger partial charge in [0.05, 0.1) is 6.21 Å². The van der Waals surface area contributed by atoms with Crippen LogP contribution < -0.4 is 10.7 Å². The molecule has 1 aromatic heterocycles. The summed E-state index contributed by atoms with van der Waals surface area (Å²) in [6.45, 7) is -0.162. The monoisotopic (exact) mass is 380 g/mol. The Labute approximate surface area is 149 Å². The van der Waals surface area contributed by atoms with Crippen LogP contribution >= 0.6 is 11.8 Å². The van der Waals surface area contributed by atoms with Gasteiger partial charge in [0.2, 0.25) is 12.3 Å². The zero-order chi connectivity index (χ0) is 18.7. The highest BCUT2D eigenvalue weighted by Gasteiger charge is 2.54. The van der Waals surface area contributed by atoms with Gasteiger partial charge < -0.3 is 10.4 Å². The third-order valence-electron chi connectivity index (χ3n) is 3.56. The van der Waals surface area contributed by atoms with E-state index in [-0.39, 0.29) is 23.6 Å². The minimum Gasteiger partial charge on any atom is -0.477 e. The summed E-state index contributed by atoms with van der Waals surface area (Å²) in [6, 6.07) is -0.843. The summed E-state index contributed by atoms with van der Waals surface area (Å²) in [5, 5.41) is 25.3. The summed E-state index contributed by atoms with van der Waals surface area (Å²) in [7, 11) is 0. The van der Waals surface area contributed by atoms with Crippen molar-refractivity contribution >= 4 is 42.2 Å². The molecular weight excluding hydrogens is 368 g/mol. The molecule has 2 aliphatic rings. The summed E-state index contributed by atoms with van der Waals surface area (Å²) < 4.78 is 1.20. The average Bonchev–Trinajstić information content (AvgIpc) is 3.12. The number of carbonyl (C=O) groups excluding carboxylic acids is 3. The summed E-state index contributed by atoms with van der Waals surface area (Å²) in [6.07, 6.45) is 2.77. The number of nitrogens with one attached hydrogen (secondary N) is 2. The maximum absolute atomic E-state index is 12.4. The molecule has 2 aliphatic heterocycles. The maximum Gasteiger partial charge on any atom is 0.353 e. The van der Waals surface area contributed by atoms with Gasteiger partial charge in [-0.1, -0.05) is 0 Å². The predicted molar refractivity (Wildman–Crippen MR) is 85.2 cm³/mol. The third kappa shape index (κ3) is 3.26. The molecule has 1 fully saturated rings. The van der Waals surface area contributed by atoms with E-state index in [0.717, 1.165) is 4.90 Å². The number of aromatic nitrogens is 4. The highest BCUT2D eigenvalue weighted by atomic mass is 32.2. The first-order chi connectivity index (χ1) is 12.5. The van der Waals surface area contributed by atoms with Gasteiger partial charge in [-0.15, -0.1) is 16.9 Å². The molecule has 3 rings (SSSR count). The second kappa shape index (κ2) is 7.30. The molecule has 0 aliphatic carbocycles. The lowest BCUT2D eigenvalue weighted by Crippen LogP contribution is -2.70. The van der Waals surface area contributed by atoms with E-state index in [9.17, 15) is 24.3 Å². The summed E-state index contributed by atoms with van der Waals surface area (Å²) in [5.41, 5.74) is 2.10. The zero-order valence-electron chi connectivity index (χ0n) is 13.0. The van der Waals surface area contributed by atoms with Crippen molar-refractivity contribution < 1.29 is 24.3 Å². The van der Waals surface area contributed by atoms with Crippen LogP contribution in [-0.4, -0.2) is 77.8 Å². The van der Waals surface area contributed by atoms with Crippen LogP contribution in [0.2, 0.25) is 0 Å². The number of thioether (sulfide) groups is 1. The van der Waals surface area contributed by atoms with E-state index in [1.807, 2.05) is 5.43 Å². The molecule has 3 amide bonds. The van der Waals surface area contributed by atoms with Crippen LogP contribution in [0.1, 0.15) is 0 Å². The quantitative estimate of drug-likeness (QED) is 0.195. The molecule has 13 nitrogen and oxygen atoms in total. The molecule has 1 unspecified atom stereocenters. The number of aliphatic carboxylic acids is 1. The van der Waals surface area contributed by atoms with Crippen LogP contribution in [0.15, 0.2) is 22.7 Å². The molecule has 1 saturated heterocycles. The van der Waals surface area contributed by atoms with Crippen molar-refractivity contribution in [2.45, 2.75) is 18.0 Å². The van der Waals surface area contributed by atoms with Gasteiger partial charge in [-0.2, -0.15) is 5.10 Å². The Morgan fingerprint density at radius 1 is 1.50 bits per heavy atom. The normalized spacial score (nSPS) is 22.0. The number of β-lactam (4-membered cyclic amide) rings is 1. The number of hydrazone groups is 1. The SMILES string of the molecule is O=CN/N=C/C1=C(C(=O)O)N2C(=O)C(NC(=O)Cn3cnnn3)[C@H]2SC1. The second-order valence-electron chi connectivity index (χ2n) is 5.15. The Hall–Kier alpha value is -3.29. The topological polar surface area (TPSA) is 172 Å². The van der Waals surface area contributed by atoms with Crippen molar-refractivity contribution in [1.29, 1.82) is 0 Å². The first-order valence-electron chi connectivity index (χ1n) is 7.16. The number of fused-ring (bicyclic) bond motifs is 1. The van der Waals surface area contributed by atoms with Crippen molar-refractivity contribution in [1.82, 2.24) is 35.8 Å². The van der Waals surface area contributed by atoms with Crippen molar-refractivity contribution in [2.75, 3.05) is 5.75 Å². The zero-order valence-corrected chi connectivity index (χ0v) is 13.8. The second-order valence-corrected chi connectivity index (χ2v) is 6.25. The maximum atomic E-state index is 12.4. The van der Waals surface area contributed by atoms with Gasteiger partial charge >= 0.3 is 5.97 Å². The van der Waals surface area contributed by atoms with Gasteiger partial charge in [-0.05, 0) is 10.4 Å². The molecule has 0 aromatic carbocycles. The Balaban J connectivity index is 1.71. The van der Waals surface area contributed by atoms with Gasteiger partial charge in [0.25, 0.3) is 5.91 Å². The number of rotatable bonds is 7. The Kier molecular flexibility index (Phi) is 4.92. The molecule has 2 atom stereocenters. The molecule has 136 valence electrons. The summed E-state index contributed by atoms with van der Waals surface area (Å²) in [5.74, 6) is -2.06. The fourth-order valence-electron chi connectivity index (χ4n) is 2.51. The fraction of sp³-hybridized carbons (Fsp3) is 0.333. The molecule has 26 heavy (non-hydrogen) atoms. The highest BCUT2D eigenvalue weighted by molar-refractivity contribution is 8.00. The van der Waals surface area contributed by atoms with Crippen molar-refractivity contribution in [3.05, 3.63) is 17.6 Å². The van der Waals surface area contributed by atoms with Crippen LogP contribution in [-0.2, 0) is 25.7 Å². The van der Waals surface area contributed by atoms with E-state index >= 15 is 0 Å². The smallest absolute Gasteiger partial charge is 0.353 e. The molecule has 3 heterocycles. The van der Waals surface area contributed by atoms with Crippen LogP contribution in [0.4, 0.5) is 0 Å². The van der Waals surface area contributed by atoms with Crippen molar-refractivity contribution in [3.8, 4) is 0 Å². The molecule has 0 bridgehead atoms. The van der Waals surface area contributed by atoms with Crippen LogP contribution in [0, 0.1) is 0 Å². The number of hydrogen-bond donors (Lipinski definition) is 3. The molecule has 0 saturated carbocycles. The molecular formula is C12H12N8O5S. The van der Waals surface area contributed by atoms with E-state index in [1.165, 1.54) is 29.0 Å². The Morgan fingerprint density at radius 3 is 2.96 bits per heavy atom. The number of amides is 3. The van der Waals surface area contributed by atoms with Gasteiger partial charge in [0.1, 0.15) is 30.0 Å². The number of carbonyl (C=O) groups is 4. The molecule has 0 spiro atoms. The Morgan fingerprint density at radius 2 is 2.31 bits per heavy atom. The van der Waals surface area contributed by atoms with E-state index in [2.05, 4.69) is 25.9 Å². The van der Waals surface area contributed by atoms with Crippen LogP contribution in [0.25, 0.3) is 0 Å². The van der Waals surface area contributed by atoms with E-state index in [1.54, 1.807) is 0 Å².